The lowest BCUT2D eigenvalue weighted by atomic mass is 9.89. The largest absolute Gasteiger partial charge is 0.342 e. The Morgan fingerprint density at radius 3 is 2.65 bits per heavy atom. The monoisotopic (exact) mass is 239 g/mol. The first-order valence-electron chi connectivity index (χ1n) is 6.84. The van der Waals surface area contributed by atoms with Crippen LogP contribution in [-0.2, 0) is 9.59 Å². The molecule has 17 heavy (non-hydrogen) atoms. The Kier molecular flexibility index (Phi) is 5.66. The number of unbranched alkanes of at least 4 members (excludes halogenated alkanes) is 2. The average molecular weight is 239 g/mol. The number of amides is 1. The molecule has 0 aromatic carbocycles. The van der Waals surface area contributed by atoms with Crippen LogP contribution in [0.4, 0.5) is 0 Å². The van der Waals surface area contributed by atoms with E-state index >= 15 is 0 Å². The minimum atomic E-state index is -0.0773. The molecule has 1 aliphatic heterocycles. The number of hydrogen-bond donors (Lipinski definition) is 0. The highest BCUT2D eigenvalue weighted by Gasteiger charge is 2.39. The van der Waals surface area contributed by atoms with Crippen molar-refractivity contribution in [3.8, 4) is 0 Å². The first-order valence-corrected chi connectivity index (χ1v) is 6.84. The van der Waals surface area contributed by atoms with Crippen molar-refractivity contribution in [1.29, 1.82) is 0 Å². The van der Waals surface area contributed by atoms with Gasteiger partial charge >= 0.3 is 0 Å². The Balaban J connectivity index is 2.54. The molecule has 0 spiro atoms. The van der Waals surface area contributed by atoms with Gasteiger partial charge in [0.25, 0.3) is 0 Å². The fourth-order valence-corrected chi connectivity index (χ4v) is 2.56. The smallest absolute Gasteiger partial charge is 0.226 e. The van der Waals surface area contributed by atoms with Crippen LogP contribution >= 0.6 is 0 Å². The van der Waals surface area contributed by atoms with Crippen molar-refractivity contribution in [3.63, 3.8) is 0 Å². The van der Waals surface area contributed by atoms with Crippen LogP contribution < -0.4 is 0 Å². The Bertz CT molecular complexity index is 263. The molecular weight excluding hydrogens is 214 g/mol. The minimum absolute atomic E-state index is 0.0610. The van der Waals surface area contributed by atoms with Gasteiger partial charge in [-0.1, -0.05) is 33.6 Å². The van der Waals surface area contributed by atoms with Crippen LogP contribution in [0.1, 0.15) is 46.5 Å². The molecule has 3 nitrogen and oxygen atoms in total. The predicted octanol–water partition coefficient (Wildman–Crippen LogP) is 2.50. The van der Waals surface area contributed by atoms with Gasteiger partial charge in [-0.25, -0.2) is 0 Å². The molecule has 0 N–H and O–H groups in total. The third kappa shape index (κ3) is 3.83. The van der Waals surface area contributed by atoms with Crippen molar-refractivity contribution in [2.75, 3.05) is 13.1 Å². The second-order valence-electron chi connectivity index (χ2n) is 5.53. The number of hydrogen-bond acceptors (Lipinski definition) is 2. The van der Waals surface area contributed by atoms with Crippen molar-refractivity contribution < 1.29 is 9.59 Å². The summed E-state index contributed by atoms with van der Waals surface area (Å²) in [6.45, 7) is 7.83. The highest BCUT2D eigenvalue weighted by Crippen LogP contribution is 2.29. The molecule has 0 aromatic rings. The van der Waals surface area contributed by atoms with Crippen molar-refractivity contribution in [2.24, 2.45) is 17.8 Å². The van der Waals surface area contributed by atoms with E-state index in [0.29, 0.717) is 12.5 Å². The second-order valence-corrected chi connectivity index (χ2v) is 5.53. The predicted molar refractivity (Wildman–Crippen MR) is 68.6 cm³/mol. The summed E-state index contributed by atoms with van der Waals surface area (Å²) in [5.74, 6) is 0.537. The van der Waals surface area contributed by atoms with E-state index < -0.39 is 0 Å². The summed E-state index contributed by atoms with van der Waals surface area (Å²) in [5, 5.41) is 0. The highest BCUT2D eigenvalue weighted by atomic mass is 16.2. The molecule has 0 bridgehead atoms. The molecule has 1 rings (SSSR count). The Morgan fingerprint density at radius 2 is 2.12 bits per heavy atom. The standard InChI is InChI=1S/C14H25NO2/c1-4-5-6-7-15-9-12(10-16)13(14(15)17)8-11(2)3/h10-13H,4-9H2,1-3H3. The molecule has 1 saturated heterocycles. The van der Waals surface area contributed by atoms with Gasteiger partial charge < -0.3 is 9.69 Å². The molecule has 3 heteroatoms. The number of likely N-dealkylation sites (tertiary alicyclic amines) is 1. The van der Waals surface area contributed by atoms with E-state index in [1.807, 2.05) is 4.90 Å². The van der Waals surface area contributed by atoms with Gasteiger partial charge in [0.05, 0.1) is 0 Å². The van der Waals surface area contributed by atoms with Crippen molar-refractivity contribution in [1.82, 2.24) is 4.90 Å². The number of carbonyl (C=O) groups excluding carboxylic acids is 2. The molecule has 1 fully saturated rings. The van der Waals surface area contributed by atoms with E-state index in [1.165, 1.54) is 0 Å². The molecule has 1 amide bonds. The van der Waals surface area contributed by atoms with Gasteiger partial charge in [0.2, 0.25) is 5.91 Å². The van der Waals surface area contributed by atoms with Gasteiger partial charge in [-0.05, 0) is 18.8 Å². The average Bonchev–Trinajstić information content (AvgIpc) is 2.57. The van der Waals surface area contributed by atoms with Crippen molar-refractivity contribution in [3.05, 3.63) is 0 Å². The van der Waals surface area contributed by atoms with Crippen LogP contribution in [0.25, 0.3) is 0 Å². The number of nitrogens with zero attached hydrogens (tertiary/aromatic N) is 1. The van der Waals surface area contributed by atoms with E-state index in [2.05, 4.69) is 20.8 Å². The maximum Gasteiger partial charge on any atom is 0.226 e. The molecule has 2 unspecified atom stereocenters. The zero-order chi connectivity index (χ0) is 12.8. The summed E-state index contributed by atoms with van der Waals surface area (Å²) in [7, 11) is 0. The quantitative estimate of drug-likeness (QED) is 0.505. The van der Waals surface area contributed by atoms with E-state index in [0.717, 1.165) is 38.5 Å². The van der Waals surface area contributed by atoms with Crippen LogP contribution in [0.2, 0.25) is 0 Å². The molecule has 1 heterocycles. The second kappa shape index (κ2) is 6.77. The summed E-state index contributed by atoms with van der Waals surface area (Å²) in [4.78, 5) is 25.1. The summed E-state index contributed by atoms with van der Waals surface area (Å²) < 4.78 is 0. The fourth-order valence-electron chi connectivity index (χ4n) is 2.56. The third-order valence-corrected chi connectivity index (χ3v) is 3.51. The van der Waals surface area contributed by atoms with E-state index in [-0.39, 0.29) is 17.7 Å². The Morgan fingerprint density at radius 1 is 1.41 bits per heavy atom. The summed E-state index contributed by atoms with van der Waals surface area (Å²) >= 11 is 0. The molecule has 0 aromatic heterocycles. The fraction of sp³-hybridized carbons (Fsp3) is 0.857. The van der Waals surface area contributed by atoms with Crippen LogP contribution in [0.15, 0.2) is 0 Å². The lowest BCUT2D eigenvalue weighted by molar-refractivity contribution is -0.132. The zero-order valence-corrected chi connectivity index (χ0v) is 11.3. The molecule has 2 atom stereocenters. The number of carbonyl (C=O) groups is 2. The molecule has 0 saturated carbocycles. The summed E-state index contributed by atoms with van der Waals surface area (Å²) in [5.41, 5.74) is 0. The van der Waals surface area contributed by atoms with E-state index in [9.17, 15) is 9.59 Å². The Labute approximate surface area is 105 Å². The molecular formula is C14H25NO2. The van der Waals surface area contributed by atoms with Gasteiger partial charge in [-0.2, -0.15) is 0 Å². The van der Waals surface area contributed by atoms with Crippen molar-refractivity contribution in [2.45, 2.75) is 46.5 Å². The maximum atomic E-state index is 12.2. The molecule has 98 valence electrons. The maximum absolute atomic E-state index is 12.2. The van der Waals surface area contributed by atoms with Crippen LogP contribution in [-0.4, -0.2) is 30.2 Å². The first kappa shape index (κ1) is 14.2. The number of rotatable bonds is 7. The van der Waals surface area contributed by atoms with Crippen molar-refractivity contribution >= 4 is 12.2 Å². The lowest BCUT2D eigenvalue weighted by Crippen LogP contribution is -2.28. The summed E-state index contributed by atoms with van der Waals surface area (Å²) in [6, 6.07) is 0. The van der Waals surface area contributed by atoms with E-state index in [1.54, 1.807) is 0 Å². The molecule has 0 radical (unpaired) electrons. The van der Waals surface area contributed by atoms with Gasteiger partial charge in [0.15, 0.2) is 0 Å². The topological polar surface area (TPSA) is 37.4 Å². The minimum Gasteiger partial charge on any atom is -0.342 e. The summed E-state index contributed by atoms with van der Waals surface area (Å²) in [6.07, 6.45) is 5.19. The van der Waals surface area contributed by atoms with Gasteiger partial charge in [0, 0.05) is 24.9 Å². The van der Waals surface area contributed by atoms with Crippen LogP contribution in [0.5, 0.6) is 0 Å². The van der Waals surface area contributed by atoms with Gasteiger partial charge in [0.1, 0.15) is 6.29 Å². The van der Waals surface area contributed by atoms with Crippen LogP contribution in [0.3, 0.4) is 0 Å². The third-order valence-electron chi connectivity index (χ3n) is 3.51. The highest BCUT2D eigenvalue weighted by molar-refractivity contribution is 5.85. The molecule has 1 aliphatic rings. The first-order chi connectivity index (χ1) is 8.10. The van der Waals surface area contributed by atoms with Crippen LogP contribution in [0, 0.1) is 17.8 Å². The van der Waals surface area contributed by atoms with Gasteiger partial charge in [-0.3, -0.25) is 4.79 Å². The zero-order valence-electron chi connectivity index (χ0n) is 11.3. The SMILES string of the molecule is CCCCCN1CC(C=O)C(CC(C)C)C1=O. The normalized spacial score (nSPS) is 24.7. The lowest BCUT2D eigenvalue weighted by Gasteiger charge is -2.17. The molecule has 0 aliphatic carbocycles. The number of aldehydes is 1. The Hall–Kier alpha value is -0.860. The van der Waals surface area contributed by atoms with Gasteiger partial charge in [-0.15, -0.1) is 0 Å². The van der Waals surface area contributed by atoms with E-state index in [4.69, 9.17) is 0 Å².